The van der Waals surface area contributed by atoms with E-state index in [1.165, 1.54) is 11.3 Å². The zero-order chi connectivity index (χ0) is 12.3. The van der Waals surface area contributed by atoms with E-state index in [-0.39, 0.29) is 0 Å². The predicted octanol–water partition coefficient (Wildman–Crippen LogP) is 1.45. The third-order valence-electron chi connectivity index (χ3n) is 1.69. The quantitative estimate of drug-likeness (QED) is 0.746. The van der Waals surface area contributed by atoms with Crippen molar-refractivity contribution in [3.8, 4) is 0 Å². The lowest BCUT2D eigenvalue weighted by Gasteiger charge is -2.10. The Balaban J connectivity index is 2.79. The number of aliphatic hydroxyl groups excluding tert-OH is 1. The van der Waals surface area contributed by atoms with E-state index >= 15 is 0 Å². The molecule has 0 aliphatic heterocycles. The van der Waals surface area contributed by atoms with Crippen molar-refractivity contribution in [1.29, 1.82) is 0 Å². The number of hydrogen-bond acceptors (Lipinski definition) is 4. The molecule has 0 aromatic carbocycles. The minimum atomic E-state index is -1.29. The Morgan fingerprint density at radius 1 is 1.50 bits per heavy atom. The first-order chi connectivity index (χ1) is 7.45. The predicted molar refractivity (Wildman–Crippen MR) is 65.7 cm³/mol. The smallest absolute Gasteiger partial charge is 0.328 e. The number of carbonyl (C=O) groups excluding carboxylic acids is 1. The molecule has 8 heteroatoms. The van der Waals surface area contributed by atoms with Gasteiger partial charge in [0.15, 0.2) is 6.04 Å². The van der Waals surface area contributed by atoms with Crippen molar-refractivity contribution < 1.29 is 19.8 Å². The first-order valence-electron chi connectivity index (χ1n) is 4.05. The minimum absolute atomic E-state index is 0.330. The van der Waals surface area contributed by atoms with Crippen LogP contribution in [0.15, 0.2) is 13.6 Å². The first-order valence-corrected chi connectivity index (χ1v) is 6.45. The van der Waals surface area contributed by atoms with Crippen LogP contribution in [0.4, 0.5) is 0 Å². The number of carbonyl (C=O) groups is 2. The van der Waals surface area contributed by atoms with Gasteiger partial charge in [0.1, 0.15) is 0 Å². The largest absolute Gasteiger partial charge is 0.480 e. The Morgan fingerprint density at radius 2 is 2.12 bits per heavy atom. The second-order valence-corrected chi connectivity index (χ2v) is 6.53. The molecule has 0 radical (unpaired) electrons. The monoisotopic (exact) mass is 371 g/mol. The Labute approximate surface area is 112 Å². The van der Waals surface area contributed by atoms with Crippen molar-refractivity contribution in [1.82, 2.24) is 5.32 Å². The summed E-state index contributed by atoms with van der Waals surface area (Å²) in [7, 11) is 0. The zero-order valence-corrected chi connectivity index (χ0v) is 11.7. The van der Waals surface area contributed by atoms with Crippen LogP contribution in [0.3, 0.4) is 0 Å². The minimum Gasteiger partial charge on any atom is -0.480 e. The summed E-state index contributed by atoms with van der Waals surface area (Å²) in [6.07, 6.45) is 0. The van der Waals surface area contributed by atoms with Gasteiger partial charge in [0.25, 0.3) is 5.91 Å². The number of rotatable bonds is 4. The molecule has 0 aliphatic rings. The molecule has 0 spiro atoms. The van der Waals surface area contributed by atoms with Crippen molar-refractivity contribution in [2.45, 2.75) is 6.04 Å². The molecule has 3 N–H and O–H groups in total. The topological polar surface area (TPSA) is 86.6 Å². The number of carboxylic acid groups (broad SMARTS) is 1. The van der Waals surface area contributed by atoms with E-state index in [0.717, 1.165) is 3.79 Å². The molecule has 5 nitrogen and oxygen atoms in total. The average Bonchev–Trinajstić information content (AvgIpc) is 2.53. The number of halogens is 2. The highest BCUT2D eigenvalue weighted by Crippen LogP contribution is 2.31. The van der Waals surface area contributed by atoms with Gasteiger partial charge in [0.05, 0.1) is 19.7 Å². The van der Waals surface area contributed by atoms with Crippen molar-refractivity contribution >= 4 is 55.1 Å². The Morgan fingerprint density at radius 3 is 2.50 bits per heavy atom. The van der Waals surface area contributed by atoms with Crippen LogP contribution in [0, 0.1) is 0 Å². The van der Waals surface area contributed by atoms with Crippen LogP contribution < -0.4 is 5.32 Å². The molecule has 0 saturated heterocycles. The third-order valence-corrected chi connectivity index (χ3v) is 4.03. The Bertz CT molecular complexity index is 420. The van der Waals surface area contributed by atoms with Crippen LogP contribution in [0.1, 0.15) is 10.4 Å². The van der Waals surface area contributed by atoms with Gasteiger partial charge in [0, 0.05) is 0 Å². The van der Waals surface area contributed by atoms with Crippen LogP contribution >= 0.6 is 43.2 Å². The normalized spacial score (nSPS) is 12.2. The van der Waals surface area contributed by atoms with Gasteiger partial charge in [-0.3, -0.25) is 4.79 Å². The highest BCUT2D eigenvalue weighted by molar-refractivity contribution is 9.12. The summed E-state index contributed by atoms with van der Waals surface area (Å²) in [6.45, 7) is -0.649. The fraction of sp³-hybridized carbons (Fsp3) is 0.250. The lowest BCUT2D eigenvalue weighted by atomic mass is 10.2. The lowest BCUT2D eigenvalue weighted by Crippen LogP contribution is -2.43. The lowest BCUT2D eigenvalue weighted by molar-refractivity contribution is -0.140. The van der Waals surface area contributed by atoms with Gasteiger partial charge in [-0.1, -0.05) is 0 Å². The number of amides is 1. The van der Waals surface area contributed by atoms with E-state index < -0.39 is 24.5 Å². The molecule has 0 unspecified atom stereocenters. The number of hydrogen-bond donors (Lipinski definition) is 3. The first kappa shape index (κ1) is 13.6. The number of thiophene rings is 1. The summed E-state index contributed by atoms with van der Waals surface area (Å²) in [5, 5.41) is 19.6. The molecule has 88 valence electrons. The van der Waals surface area contributed by atoms with Gasteiger partial charge in [0.2, 0.25) is 0 Å². The fourth-order valence-electron chi connectivity index (χ4n) is 0.917. The van der Waals surface area contributed by atoms with E-state index in [1.807, 2.05) is 0 Å². The van der Waals surface area contributed by atoms with Crippen LogP contribution in [0.5, 0.6) is 0 Å². The van der Waals surface area contributed by atoms with Crippen LogP contribution in [0.25, 0.3) is 0 Å². The summed E-state index contributed by atoms with van der Waals surface area (Å²) in [5.41, 5.74) is 0.330. The molecule has 1 rings (SSSR count). The number of nitrogens with one attached hydrogen (secondary N) is 1. The molecule has 0 aliphatic carbocycles. The van der Waals surface area contributed by atoms with Crippen molar-refractivity contribution in [3.05, 3.63) is 19.2 Å². The van der Waals surface area contributed by atoms with E-state index in [4.69, 9.17) is 10.2 Å². The standard InChI is InChI=1S/C8H7Br2NO4S/c9-5-1-3(6(10)16-5)7(13)11-4(2-12)8(14)15/h1,4,12H,2H2,(H,11,13)(H,14,15)/t4-/m0/s1. The van der Waals surface area contributed by atoms with E-state index in [0.29, 0.717) is 9.35 Å². The number of aliphatic hydroxyl groups is 1. The van der Waals surface area contributed by atoms with Gasteiger partial charge < -0.3 is 15.5 Å². The van der Waals surface area contributed by atoms with Crippen molar-refractivity contribution in [2.24, 2.45) is 0 Å². The average molecular weight is 373 g/mol. The maximum Gasteiger partial charge on any atom is 0.328 e. The summed E-state index contributed by atoms with van der Waals surface area (Å²) < 4.78 is 1.35. The molecule has 0 saturated carbocycles. The summed E-state index contributed by atoms with van der Waals surface area (Å²) >= 11 is 7.69. The van der Waals surface area contributed by atoms with Gasteiger partial charge in [-0.05, 0) is 37.9 Å². The van der Waals surface area contributed by atoms with Crippen LogP contribution in [-0.2, 0) is 4.79 Å². The number of carboxylic acids is 1. The maximum absolute atomic E-state index is 11.6. The molecule has 16 heavy (non-hydrogen) atoms. The molecule has 0 bridgehead atoms. The number of aliphatic carboxylic acids is 1. The Kier molecular flexibility index (Phi) is 4.90. The second-order valence-electron chi connectivity index (χ2n) is 2.78. The summed E-state index contributed by atoms with van der Waals surface area (Å²) in [4.78, 5) is 22.2. The van der Waals surface area contributed by atoms with Gasteiger partial charge in [-0.2, -0.15) is 0 Å². The SMILES string of the molecule is O=C(N[C@@H](CO)C(=O)O)c1cc(Br)sc1Br. The van der Waals surface area contributed by atoms with E-state index in [1.54, 1.807) is 6.07 Å². The summed E-state index contributed by atoms with van der Waals surface area (Å²) in [5.74, 6) is -1.82. The second kappa shape index (κ2) is 5.76. The third kappa shape index (κ3) is 3.27. The highest BCUT2D eigenvalue weighted by Gasteiger charge is 2.21. The van der Waals surface area contributed by atoms with Gasteiger partial charge >= 0.3 is 5.97 Å². The van der Waals surface area contributed by atoms with Crippen molar-refractivity contribution in [2.75, 3.05) is 6.61 Å². The van der Waals surface area contributed by atoms with E-state index in [2.05, 4.69) is 37.2 Å². The molecule has 1 aromatic rings. The zero-order valence-electron chi connectivity index (χ0n) is 7.74. The van der Waals surface area contributed by atoms with Crippen molar-refractivity contribution in [3.63, 3.8) is 0 Å². The molecular formula is C8H7Br2NO4S. The van der Waals surface area contributed by atoms with Gasteiger partial charge in [-0.15, -0.1) is 11.3 Å². The van der Waals surface area contributed by atoms with Crippen LogP contribution in [0.2, 0.25) is 0 Å². The molecule has 1 heterocycles. The van der Waals surface area contributed by atoms with Crippen LogP contribution in [-0.4, -0.2) is 34.7 Å². The molecular weight excluding hydrogens is 366 g/mol. The highest BCUT2D eigenvalue weighted by atomic mass is 79.9. The maximum atomic E-state index is 11.6. The molecule has 1 amide bonds. The van der Waals surface area contributed by atoms with Gasteiger partial charge in [-0.25, -0.2) is 4.79 Å². The summed E-state index contributed by atoms with van der Waals surface area (Å²) in [6, 6.07) is 0.276. The molecule has 0 fully saturated rings. The molecule has 1 atom stereocenters. The molecule has 1 aromatic heterocycles. The fourth-order valence-corrected chi connectivity index (χ4v) is 3.71. The van der Waals surface area contributed by atoms with E-state index in [9.17, 15) is 9.59 Å². The Hall–Kier alpha value is -0.440.